The van der Waals surface area contributed by atoms with Crippen molar-refractivity contribution in [2.24, 2.45) is 0 Å². The maximum atomic E-state index is 10.6. The van der Waals surface area contributed by atoms with E-state index in [2.05, 4.69) is 18.6 Å². The lowest BCUT2D eigenvalue weighted by molar-refractivity contribution is -0.137. The number of hydrogen-bond donors (Lipinski definition) is 0. The fourth-order valence-corrected chi connectivity index (χ4v) is 1.16. The molecule has 2 nitrogen and oxygen atoms in total. The van der Waals surface area contributed by atoms with E-state index in [9.17, 15) is 4.79 Å². The molecule has 0 saturated carbocycles. The van der Waals surface area contributed by atoms with E-state index in [-0.39, 0.29) is 5.97 Å². The van der Waals surface area contributed by atoms with Crippen LogP contribution in [0.4, 0.5) is 0 Å². The van der Waals surface area contributed by atoms with Crippen molar-refractivity contribution < 1.29 is 9.53 Å². The Morgan fingerprint density at radius 2 is 2.30 bits per heavy atom. The van der Waals surface area contributed by atoms with Crippen LogP contribution < -0.4 is 0 Å². The van der Waals surface area contributed by atoms with Crippen LogP contribution in [0.2, 0.25) is 0 Å². The summed E-state index contributed by atoms with van der Waals surface area (Å²) in [4.78, 5) is 10.6. The van der Waals surface area contributed by atoms with Crippen molar-refractivity contribution in [3.63, 3.8) is 0 Å². The number of esters is 1. The van der Waals surface area contributed by atoms with Crippen molar-refractivity contribution in [3.05, 3.63) is 0 Å². The van der Waals surface area contributed by atoms with E-state index < -0.39 is 0 Å². The second kappa shape index (κ2) is 5.59. The highest BCUT2D eigenvalue weighted by Crippen LogP contribution is 2.12. The van der Waals surface area contributed by atoms with E-state index in [0.29, 0.717) is 11.0 Å². The monoisotopic (exact) mass is 162 g/mol. The number of carbonyl (C=O) groups is 1. The Morgan fingerprint density at radius 3 is 2.70 bits per heavy atom. The molecule has 0 spiro atoms. The molecule has 0 unspecified atom stereocenters. The minimum Gasteiger partial charge on any atom is -0.468 e. The van der Waals surface area contributed by atoms with Crippen molar-refractivity contribution in [3.8, 4) is 0 Å². The van der Waals surface area contributed by atoms with Crippen LogP contribution in [0.25, 0.3) is 0 Å². The van der Waals surface area contributed by atoms with Crippen LogP contribution in [0.3, 0.4) is 0 Å². The molecule has 0 radical (unpaired) electrons. The highest BCUT2D eigenvalue weighted by Gasteiger charge is 2.03. The summed E-state index contributed by atoms with van der Waals surface area (Å²) in [5.41, 5.74) is 0. The van der Waals surface area contributed by atoms with Gasteiger partial charge in [0.05, 0.1) is 12.9 Å². The molecule has 60 valence electrons. The molecule has 0 aromatic heterocycles. The molecule has 1 atom stereocenters. The average Bonchev–Trinajstić information content (AvgIpc) is 1.99. The van der Waals surface area contributed by atoms with E-state index >= 15 is 0 Å². The fourth-order valence-electron chi connectivity index (χ4n) is 0.387. The quantitative estimate of drug-likeness (QED) is 0.588. The average molecular weight is 162 g/mol. The molecule has 10 heavy (non-hydrogen) atoms. The molecule has 0 rings (SSSR count). The summed E-state index contributed by atoms with van der Waals surface area (Å²) < 4.78 is 4.49. The Balaban J connectivity index is 3.26. The topological polar surface area (TPSA) is 26.3 Å². The molecule has 0 bridgehead atoms. The van der Waals surface area contributed by atoms with Crippen LogP contribution in [-0.4, -0.2) is 24.1 Å². The first kappa shape index (κ1) is 9.82. The van der Waals surface area contributed by atoms with Crippen molar-refractivity contribution in [2.75, 3.05) is 12.9 Å². The third-order valence-corrected chi connectivity index (χ3v) is 2.59. The van der Waals surface area contributed by atoms with Crippen LogP contribution in [0.5, 0.6) is 0 Å². The smallest absolute Gasteiger partial charge is 0.315 e. The summed E-state index contributed by atoms with van der Waals surface area (Å²) in [6, 6.07) is 0. The molecule has 3 heteroatoms. The standard InChI is InChI=1S/C7H14O2S/c1-4-6(2)10-5-7(8)9-3/h6H,4-5H2,1-3H3/t6-/m0/s1. The van der Waals surface area contributed by atoms with Crippen LogP contribution in [0.1, 0.15) is 20.3 Å². The second-order valence-electron chi connectivity index (χ2n) is 2.11. The zero-order chi connectivity index (χ0) is 7.98. The van der Waals surface area contributed by atoms with E-state index in [1.54, 1.807) is 11.8 Å². The van der Waals surface area contributed by atoms with E-state index in [0.717, 1.165) is 6.42 Å². The Labute approximate surface area is 66.3 Å². The van der Waals surface area contributed by atoms with Crippen LogP contribution >= 0.6 is 11.8 Å². The van der Waals surface area contributed by atoms with Gasteiger partial charge in [0.15, 0.2) is 0 Å². The van der Waals surface area contributed by atoms with E-state index in [1.807, 2.05) is 0 Å². The molecule has 0 fully saturated rings. The summed E-state index contributed by atoms with van der Waals surface area (Å²) in [7, 11) is 1.42. The summed E-state index contributed by atoms with van der Waals surface area (Å²) in [5.74, 6) is 0.344. The van der Waals surface area contributed by atoms with Gasteiger partial charge in [-0.15, -0.1) is 11.8 Å². The molecule has 0 aromatic carbocycles. The molecular weight excluding hydrogens is 148 g/mol. The SMILES string of the molecule is CC[C@H](C)SCC(=O)OC. The molecule has 0 aliphatic heterocycles. The first-order chi connectivity index (χ1) is 4.70. The van der Waals surface area contributed by atoms with Gasteiger partial charge in [-0.2, -0.15) is 0 Å². The van der Waals surface area contributed by atoms with Crippen molar-refractivity contribution in [1.29, 1.82) is 0 Å². The number of ether oxygens (including phenoxy) is 1. The molecule has 0 saturated heterocycles. The molecular formula is C7H14O2S. The lowest BCUT2D eigenvalue weighted by atomic mass is 10.4. The molecule has 0 aliphatic rings. The molecule has 0 aromatic rings. The summed E-state index contributed by atoms with van der Waals surface area (Å²) in [5, 5.41) is 0.555. The Morgan fingerprint density at radius 1 is 1.70 bits per heavy atom. The normalized spacial score (nSPS) is 12.7. The second-order valence-corrected chi connectivity index (χ2v) is 3.53. The van der Waals surface area contributed by atoms with E-state index in [1.165, 1.54) is 7.11 Å². The maximum absolute atomic E-state index is 10.6. The van der Waals surface area contributed by atoms with Gasteiger partial charge in [0.2, 0.25) is 0 Å². The Kier molecular flexibility index (Phi) is 5.49. The minimum atomic E-state index is -0.134. The summed E-state index contributed by atoms with van der Waals surface area (Å²) in [6.07, 6.45) is 1.10. The van der Waals surface area contributed by atoms with Gasteiger partial charge in [0.25, 0.3) is 0 Å². The predicted octanol–water partition coefficient (Wildman–Crippen LogP) is 1.69. The Hall–Kier alpha value is -0.180. The van der Waals surface area contributed by atoms with Gasteiger partial charge in [-0.3, -0.25) is 4.79 Å². The van der Waals surface area contributed by atoms with Crippen molar-refractivity contribution in [2.45, 2.75) is 25.5 Å². The number of methoxy groups -OCH3 is 1. The molecule has 0 amide bonds. The maximum Gasteiger partial charge on any atom is 0.315 e. The predicted molar refractivity (Wildman–Crippen MR) is 44.2 cm³/mol. The summed E-state index contributed by atoms with van der Waals surface area (Å²) >= 11 is 1.63. The van der Waals surface area contributed by atoms with Crippen LogP contribution in [-0.2, 0) is 9.53 Å². The molecule has 0 heterocycles. The summed E-state index contributed by atoms with van der Waals surface area (Å²) in [6.45, 7) is 4.21. The largest absolute Gasteiger partial charge is 0.468 e. The zero-order valence-corrected chi connectivity index (χ0v) is 7.53. The van der Waals surface area contributed by atoms with Gasteiger partial charge in [-0.1, -0.05) is 13.8 Å². The molecule has 0 N–H and O–H groups in total. The van der Waals surface area contributed by atoms with Gasteiger partial charge in [-0.05, 0) is 6.42 Å². The Bertz CT molecular complexity index is 104. The van der Waals surface area contributed by atoms with Crippen LogP contribution in [0.15, 0.2) is 0 Å². The third-order valence-electron chi connectivity index (χ3n) is 1.29. The van der Waals surface area contributed by atoms with Gasteiger partial charge < -0.3 is 4.74 Å². The van der Waals surface area contributed by atoms with Gasteiger partial charge in [-0.25, -0.2) is 0 Å². The minimum absolute atomic E-state index is 0.134. The van der Waals surface area contributed by atoms with Gasteiger partial charge >= 0.3 is 5.97 Å². The molecule has 0 aliphatic carbocycles. The first-order valence-electron chi connectivity index (χ1n) is 3.39. The lowest BCUT2D eigenvalue weighted by Crippen LogP contribution is -2.06. The zero-order valence-electron chi connectivity index (χ0n) is 6.72. The van der Waals surface area contributed by atoms with E-state index in [4.69, 9.17) is 0 Å². The highest BCUT2D eigenvalue weighted by molar-refractivity contribution is 8.00. The van der Waals surface area contributed by atoms with Gasteiger partial charge in [0.1, 0.15) is 0 Å². The fraction of sp³-hybridized carbons (Fsp3) is 0.857. The highest BCUT2D eigenvalue weighted by atomic mass is 32.2. The third kappa shape index (κ3) is 4.68. The number of rotatable bonds is 4. The number of hydrogen-bond acceptors (Lipinski definition) is 3. The number of thioether (sulfide) groups is 1. The van der Waals surface area contributed by atoms with Crippen molar-refractivity contribution in [1.82, 2.24) is 0 Å². The van der Waals surface area contributed by atoms with Gasteiger partial charge in [0, 0.05) is 5.25 Å². The van der Waals surface area contributed by atoms with Crippen molar-refractivity contribution >= 4 is 17.7 Å². The number of carbonyl (C=O) groups excluding carboxylic acids is 1. The lowest BCUT2D eigenvalue weighted by Gasteiger charge is -2.05. The van der Waals surface area contributed by atoms with Crippen LogP contribution in [0, 0.1) is 0 Å². The first-order valence-corrected chi connectivity index (χ1v) is 4.44.